The maximum absolute atomic E-state index is 12.7. The molecule has 0 N–H and O–H groups in total. The minimum absolute atomic E-state index is 0.0508. The van der Waals surface area contributed by atoms with Crippen molar-refractivity contribution in [1.29, 1.82) is 0 Å². The number of carbonyl (C=O) groups excluding carboxylic acids is 2. The van der Waals surface area contributed by atoms with Crippen LogP contribution in [0.1, 0.15) is 48.4 Å². The second-order valence-electron chi connectivity index (χ2n) is 8.02. The fourth-order valence-corrected chi connectivity index (χ4v) is 4.42. The summed E-state index contributed by atoms with van der Waals surface area (Å²) >= 11 is 0. The van der Waals surface area contributed by atoms with Crippen molar-refractivity contribution < 1.29 is 14.0 Å². The third-order valence-electron chi connectivity index (χ3n) is 6.21. The van der Waals surface area contributed by atoms with E-state index in [-0.39, 0.29) is 17.2 Å². The average Bonchev–Trinajstić information content (AvgIpc) is 3.36. The molecule has 2 amide bonds. The van der Waals surface area contributed by atoms with Gasteiger partial charge in [0.25, 0.3) is 5.91 Å². The quantitative estimate of drug-likeness (QED) is 0.787. The molecular weight excluding hydrogens is 358 g/mol. The first-order chi connectivity index (χ1) is 13.6. The van der Waals surface area contributed by atoms with Crippen molar-refractivity contribution in [3.8, 4) is 0 Å². The number of aryl methyl sites for hydroxylation is 2. The van der Waals surface area contributed by atoms with Crippen LogP contribution in [0, 0.1) is 12.3 Å². The van der Waals surface area contributed by atoms with Crippen LogP contribution >= 0.6 is 0 Å². The first-order valence-electron chi connectivity index (χ1n) is 9.99. The smallest absolute Gasteiger partial charge is 0.276 e. The number of rotatable bonds is 5. The zero-order valence-corrected chi connectivity index (χ0v) is 16.3. The van der Waals surface area contributed by atoms with Crippen LogP contribution in [0.15, 0.2) is 29.5 Å². The van der Waals surface area contributed by atoms with E-state index in [1.54, 1.807) is 13.1 Å². The van der Waals surface area contributed by atoms with Gasteiger partial charge in [0.1, 0.15) is 5.76 Å². The van der Waals surface area contributed by atoms with Gasteiger partial charge >= 0.3 is 0 Å². The van der Waals surface area contributed by atoms with Crippen LogP contribution in [0.4, 0.5) is 0 Å². The number of amides is 2. The zero-order chi connectivity index (χ0) is 19.6. The third-order valence-corrected chi connectivity index (χ3v) is 6.21. The second kappa shape index (κ2) is 7.77. The molecule has 2 saturated heterocycles. The highest BCUT2D eigenvalue weighted by molar-refractivity contribution is 5.93. The van der Waals surface area contributed by atoms with Crippen molar-refractivity contribution in [1.82, 2.24) is 24.3 Å². The van der Waals surface area contributed by atoms with Gasteiger partial charge in [-0.15, -0.1) is 0 Å². The summed E-state index contributed by atoms with van der Waals surface area (Å²) in [6, 6.07) is 0. The largest absolute Gasteiger partial charge is 0.448 e. The van der Waals surface area contributed by atoms with E-state index in [4.69, 9.17) is 4.42 Å². The van der Waals surface area contributed by atoms with Crippen molar-refractivity contribution in [3.63, 3.8) is 0 Å². The number of oxazole rings is 1. The van der Waals surface area contributed by atoms with Gasteiger partial charge in [-0.3, -0.25) is 9.59 Å². The molecule has 0 aromatic carbocycles. The molecule has 2 aromatic heterocycles. The van der Waals surface area contributed by atoms with Crippen molar-refractivity contribution in [2.45, 2.75) is 45.6 Å². The number of aromatic nitrogens is 3. The normalized spacial score (nSPS) is 19.4. The van der Waals surface area contributed by atoms with E-state index >= 15 is 0 Å². The van der Waals surface area contributed by atoms with Crippen LogP contribution in [0.2, 0.25) is 0 Å². The lowest BCUT2D eigenvalue weighted by Crippen LogP contribution is -2.52. The fraction of sp³-hybridized carbons (Fsp3) is 0.600. The summed E-state index contributed by atoms with van der Waals surface area (Å²) in [7, 11) is 0. The van der Waals surface area contributed by atoms with Crippen molar-refractivity contribution in [2.24, 2.45) is 5.41 Å². The van der Waals surface area contributed by atoms with E-state index in [2.05, 4.69) is 9.97 Å². The first-order valence-corrected chi connectivity index (χ1v) is 9.99. The van der Waals surface area contributed by atoms with Gasteiger partial charge in [-0.05, 0) is 38.0 Å². The summed E-state index contributed by atoms with van der Waals surface area (Å²) in [4.78, 5) is 37.1. The van der Waals surface area contributed by atoms with Crippen LogP contribution < -0.4 is 0 Å². The Balaban J connectivity index is 1.32. The van der Waals surface area contributed by atoms with Crippen LogP contribution in [-0.4, -0.2) is 62.3 Å². The number of piperidine rings is 2. The molecule has 4 heterocycles. The molecule has 150 valence electrons. The summed E-state index contributed by atoms with van der Waals surface area (Å²) < 4.78 is 7.21. The molecular formula is C20H27N5O3. The molecule has 0 atom stereocenters. The molecule has 2 aliphatic heterocycles. The van der Waals surface area contributed by atoms with Gasteiger partial charge in [-0.25, -0.2) is 9.97 Å². The predicted molar refractivity (Wildman–Crippen MR) is 101 cm³/mol. The minimum Gasteiger partial charge on any atom is -0.448 e. The van der Waals surface area contributed by atoms with Gasteiger partial charge in [0.2, 0.25) is 5.91 Å². The lowest BCUT2D eigenvalue weighted by atomic mass is 9.72. The van der Waals surface area contributed by atoms with Crippen molar-refractivity contribution in [2.75, 3.05) is 26.2 Å². The van der Waals surface area contributed by atoms with E-state index in [1.807, 2.05) is 26.9 Å². The molecule has 0 saturated carbocycles. The molecule has 2 aromatic rings. The maximum Gasteiger partial charge on any atom is 0.276 e. The molecule has 8 heteroatoms. The van der Waals surface area contributed by atoms with E-state index in [0.717, 1.165) is 45.3 Å². The Morgan fingerprint density at radius 1 is 1.25 bits per heavy atom. The summed E-state index contributed by atoms with van der Waals surface area (Å²) in [5.41, 5.74) is 0.550. The van der Waals surface area contributed by atoms with Crippen LogP contribution in [-0.2, 0) is 11.3 Å². The second-order valence-corrected chi connectivity index (χ2v) is 8.02. The number of likely N-dealkylation sites (tertiary alicyclic amines) is 2. The van der Waals surface area contributed by atoms with Gasteiger partial charge in [0, 0.05) is 51.5 Å². The molecule has 2 fully saturated rings. The third kappa shape index (κ3) is 3.81. The molecule has 0 unspecified atom stereocenters. The van der Waals surface area contributed by atoms with Gasteiger partial charge in [-0.2, -0.15) is 0 Å². The molecule has 8 nitrogen and oxygen atoms in total. The standard InChI is InChI=1S/C20H27N5O3/c1-16-18(22-15-28-16)19(27)24-10-5-20(6-11-24)4-3-17(26)25(13-20)9-2-8-23-12-7-21-14-23/h7,12,14-15H,2-6,8-11,13H2,1H3. The summed E-state index contributed by atoms with van der Waals surface area (Å²) in [5.74, 6) is 0.774. The Bertz CT molecular complexity index is 821. The Morgan fingerprint density at radius 2 is 2.07 bits per heavy atom. The highest BCUT2D eigenvalue weighted by Gasteiger charge is 2.41. The number of nitrogens with zero attached hydrogens (tertiary/aromatic N) is 5. The lowest BCUT2D eigenvalue weighted by Gasteiger charge is -2.47. The molecule has 0 radical (unpaired) electrons. The number of imidazole rings is 1. The Morgan fingerprint density at radius 3 is 2.75 bits per heavy atom. The van der Waals surface area contributed by atoms with E-state index in [1.165, 1.54) is 6.39 Å². The Hall–Kier alpha value is -2.64. The average molecular weight is 385 g/mol. The molecule has 1 spiro atoms. The number of hydrogen-bond acceptors (Lipinski definition) is 5. The van der Waals surface area contributed by atoms with Crippen molar-refractivity contribution >= 4 is 11.8 Å². The van der Waals surface area contributed by atoms with Gasteiger partial charge in [-0.1, -0.05) is 0 Å². The van der Waals surface area contributed by atoms with E-state index in [0.29, 0.717) is 31.0 Å². The molecule has 4 rings (SSSR count). The van der Waals surface area contributed by atoms with Crippen LogP contribution in [0.5, 0.6) is 0 Å². The molecule has 0 bridgehead atoms. The maximum atomic E-state index is 12.7. The Labute approximate surface area is 164 Å². The summed E-state index contributed by atoms with van der Waals surface area (Å²) in [6.07, 6.45) is 11.2. The molecule has 2 aliphatic rings. The SMILES string of the molecule is Cc1ocnc1C(=O)N1CCC2(CCC(=O)N(CCCn3ccnc3)C2)CC1. The molecule has 0 aliphatic carbocycles. The topological polar surface area (TPSA) is 84.5 Å². The van der Waals surface area contributed by atoms with Crippen molar-refractivity contribution in [3.05, 3.63) is 36.6 Å². The van der Waals surface area contributed by atoms with Gasteiger partial charge < -0.3 is 18.8 Å². The summed E-state index contributed by atoms with van der Waals surface area (Å²) in [6.45, 7) is 5.64. The van der Waals surface area contributed by atoms with Crippen LogP contribution in [0.3, 0.4) is 0 Å². The Kier molecular flexibility index (Phi) is 5.19. The highest BCUT2D eigenvalue weighted by Crippen LogP contribution is 2.40. The highest BCUT2D eigenvalue weighted by atomic mass is 16.3. The van der Waals surface area contributed by atoms with E-state index < -0.39 is 0 Å². The predicted octanol–water partition coefficient (Wildman–Crippen LogP) is 2.11. The number of carbonyl (C=O) groups is 2. The van der Waals surface area contributed by atoms with Crippen LogP contribution in [0.25, 0.3) is 0 Å². The molecule has 28 heavy (non-hydrogen) atoms. The monoisotopic (exact) mass is 385 g/mol. The number of hydrogen-bond donors (Lipinski definition) is 0. The van der Waals surface area contributed by atoms with Gasteiger partial charge in [0.05, 0.1) is 6.33 Å². The van der Waals surface area contributed by atoms with Gasteiger partial charge in [0.15, 0.2) is 12.1 Å². The van der Waals surface area contributed by atoms with E-state index in [9.17, 15) is 9.59 Å². The first kappa shape index (κ1) is 18.7. The lowest BCUT2D eigenvalue weighted by molar-refractivity contribution is -0.139. The summed E-state index contributed by atoms with van der Waals surface area (Å²) in [5, 5.41) is 0. The minimum atomic E-state index is -0.0508. The fourth-order valence-electron chi connectivity index (χ4n) is 4.42. The zero-order valence-electron chi connectivity index (χ0n) is 16.3.